The van der Waals surface area contributed by atoms with Crippen molar-refractivity contribution in [3.63, 3.8) is 0 Å². The highest BCUT2D eigenvalue weighted by Gasteiger charge is 2.44. The Morgan fingerprint density at radius 2 is 1.56 bits per heavy atom. The summed E-state index contributed by atoms with van der Waals surface area (Å²) in [5.74, 6) is 0. The molecule has 0 N–H and O–H groups in total. The molecule has 0 aromatic rings. The maximum Gasteiger partial charge on any atom is 0.296 e. The van der Waals surface area contributed by atoms with Crippen LogP contribution in [0.2, 0.25) is 13.1 Å². The minimum absolute atomic E-state index is 1.20. The van der Waals surface area contributed by atoms with Gasteiger partial charge in [0.1, 0.15) is 8.80 Å². The molecule has 56 valence electrons. The van der Waals surface area contributed by atoms with Crippen molar-refractivity contribution in [1.29, 1.82) is 0 Å². The van der Waals surface area contributed by atoms with Gasteiger partial charge in [-0.2, -0.15) is 0 Å². The van der Waals surface area contributed by atoms with Gasteiger partial charge in [-0.25, -0.2) is 17.6 Å². The van der Waals surface area contributed by atoms with Crippen LogP contribution in [-0.2, 0) is 0 Å². The largest absolute Gasteiger partial charge is 0.296 e. The Morgan fingerprint density at radius 1 is 1.22 bits per heavy atom. The molecule has 0 aliphatic carbocycles. The number of halogens is 4. The number of hydrogen-bond acceptors (Lipinski definition) is 0. The first kappa shape index (κ1) is 8.94. The molecule has 0 aliphatic rings. The smallest absolute Gasteiger partial charge is 0.206 e. The van der Waals surface area contributed by atoms with E-state index in [2.05, 4.69) is 0 Å². The van der Waals surface area contributed by atoms with Crippen LogP contribution in [0, 0.1) is 0 Å². The van der Waals surface area contributed by atoms with E-state index < -0.39 is 20.8 Å². The van der Waals surface area contributed by atoms with Crippen LogP contribution in [0.15, 0.2) is 0 Å². The van der Waals surface area contributed by atoms with Crippen molar-refractivity contribution >= 4 is 8.80 Å². The molecule has 0 nitrogen and oxygen atoms in total. The average Bonchev–Trinajstić information content (AvgIpc) is 1.65. The Labute approximate surface area is 52.5 Å². The highest BCUT2D eigenvalue weighted by molar-refractivity contribution is 6.58. The first-order valence-electron chi connectivity index (χ1n) is 2.55. The van der Waals surface area contributed by atoms with Gasteiger partial charge in [-0.05, 0) is 0 Å². The predicted molar refractivity (Wildman–Crippen MR) is 29.8 cm³/mol. The molecule has 0 saturated carbocycles. The molecular formula is C4H8F4Si. The van der Waals surface area contributed by atoms with Gasteiger partial charge in [0.05, 0.1) is 0 Å². The summed E-state index contributed by atoms with van der Waals surface area (Å²) in [6.45, 7) is 2.40. The molecule has 0 aromatic carbocycles. The highest BCUT2D eigenvalue weighted by Crippen LogP contribution is 2.25. The van der Waals surface area contributed by atoms with Crippen molar-refractivity contribution in [2.24, 2.45) is 0 Å². The van der Waals surface area contributed by atoms with Gasteiger partial charge in [0.25, 0.3) is 12.0 Å². The molecule has 0 spiro atoms. The lowest BCUT2D eigenvalue weighted by Gasteiger charge is -2.17. The Kier molecular flexibility index (Phi) is 2.66. The van der Waals surface area contributed by atoms with E-state index in [1.807, 2.05) is 0 Å². The Hall–Kier alpha value is -0.0631. The minimum atomic E-state index is -3.69. The van der Waals surface area contributed by atoms with Crippen molar-refractivity contribution in [2.75, 3.05) is 0 Å². The maximum atomic E-state index is 12.0. The monoisotopic (exact) mass is 160 g/mol. The normalized spacial score (nSPS) is 13.3. The fourth-order valence-electron chi connectivity index (χ4n) is 0.252. The van der Waals surface area contributed by atoms with Crippen LogP contribution in [-0.4, -0.2) is 20.8 Å². The summed E-state index contributed by atoms with van der Waals surface area (Å²) < 4.78 is 46.7. The van der Waals surface area contributed by atoms with Gasteiger partial charge < -0.3 is 0 Å². The minimum Gasteiger partial charge on any atom is -0.206 e. The molecule has 5 heteroatoms. The zero-order valence-electron chi connectivity index (χ0n) is 5.17. The number of alkyl halides is 4. The lowest BCUT2D eigenvalue weighted by atomic mass is 10.7. The molecule has 0 radical (unpaired) electrons. The summed E-state index contributed by atoms with van der Waals surface area (Å²) in [7, 11) is -2.52. The average molecular weight is 160 g/mol. The van der Waals surface area contributed by atoms with Crippen LogP contribution in [0.3, 0.4) is 0 Å². The van der Waals surface area contributed by atoms with Gasteiger partial charge in [-0.15, -0.1) is 0 Å². The summed E-state index contributed by atoms with van der Waals surface area (Å²) in [6, 6.07) is 0. The van der Waals surface area contributed by atoms with E-state index in [-0.39, 0.29) is 0 Å². The lowest BCUT2D eigenvalue weighted by molar-refractivity contribution is -0.0690. The molecule has 0 aliphatic heterocycles. The number of rotatable bonds is 2. The third-order valence-electron chi connectivity index (χ3n) is 1.06. The third-order valence-corrected chi connectivity index (χ3v) is 2.85. The van der Waals surface area contributed by atoms with E-state index in [0.717, 1.165) is 0 Å². The molecule has 9 heavy (non-hydrogen) atoms. The fraction of sp³-hybridized carbons (Fsp3) is 1.00. The SMILES string of the molecule is C[SiH](C)C(F)(F)C(F)F. The van der Waals surface area contributed by atoms with E-state index in [0.29, 0.717) is 0 Å². The van der Waals surface area contributed by atoms with Crippen molar-refractivity contribution in [3.05, 3.63) is 0 Å². The molecule has 0 amide bonds. The van der Waals surface area contributed by atoms with Crippen molar-refractivity contribution in [3.8, 4) is 0 Å². The van der Waals surface area contributed by atoms with Crippen molar-refractivity contribution in [2.45, 2.75) is 25.1 Å². The predicted octanol–water partition coefficient (Wildman–Crippen LogP) is 1.91. The van der Waals surface area contributed by atoms with Gasteiger partial charge in [0.15, 0.2) is 0 Å². The van der Waals surface area contributed by atoms with Crippen molar-refractivity contribution in [1.82, 2.24) is 0 Å². The summed E-state index contributed by atoms with van der Waals surface area (Å²) in [4.78, 5) is 0. The second kappa shape index (κ2) is 2.68. The van der Waals surface area contributed by atoms with E-state index in [9.17, 15) is 17.6 Å². The Morgan fingerprint density at radius 3 is 1.56 bits per heavy atom. The molecule has 0 atom stereocenters. The summed E-state index contributed by atoms with van der Waals surface area (Å²) in [5, 5.41) is 0. The molecule has 0 fully saturated rings. The zero-order chi connectivity index (χ0) is 7.65. The molecule has 0 bridgehead atoms. The van der Waals surface area contributed by atoms with Crippen molar-refractivity contribution < 1.29 is 17.6 Å². The Bertz CT molecular complexity index is 80.6. The first-order valence-corrected chi connectivity index (χ1v) is 5.43. The molecule has 0 saturated heterocycles. The summed E-state index contributed by atoms with van der Waals surface area (Å²) >= 11 is 0. The van der Waals surface area contributed by atoms with Gasteiger partial charge in [0.2, 0.25) is 0 Å². The topological polar surface area (TPSA) is 0 Å². The maximum absolute atomic E-state index is 12.0. The van der Waals surface area contributed by atoms with Crippen LogP contribution in [0.5, 0.6) is 0 Å². The van der Waals surface area contributed by atoms with Crippen LogP contribution in [0.1, 0.15) is 0 Å². The molecule has 0 heterocycles. The summed E-state index contributed by atoms with van der Waals surface area (Å²) in [6.07, 6.45) is -3.48. The van der Waals surface area contributed by atoms with Gasteiger partial charge in [0, 0.05) is 0 Å². The molecular weight excluding hydrogens is 152 g/mol. The van der Waals surface area contributed by atoms with Crippen LogP contribution >= 0.6 is 0 Å². The molecule has 0 aromatic heterocycles. The first-order chi connectivity index (χ1) is 3.89. The van der Waals surface area contributed by atoms with Crippen LogP contribution in [0.25, 0.3) is 0 Å². The standard InChI is InChI=1S/C4H8F4Si/c1-9(2)4(7,8)3(5)6/h3,9H,1-2H3. The van der Waals surface area contributed by atoms with Gasteiger partial charge >= 0.3 is 0 Å². The van der Waals surface area contributed by atoms with Gasteiger partial charge in [-0.1, -0.05) is 13.1 Å². The summed E-state index contributed by atoms with van der Waals surface area (Å²) in [5.41, 5.74) is -3.69. The molecule has 0 rings (SSSR count). The van der Waals surface area contributed by atoms with Crippen LogP contribution in [0.4, 0.5) is 17.6 Å². The van der Waals surface area contributed by atoms with Gasteiger partial charge in [-0.3, -0.25) is 0 Å². The Balaban J connectivity index is 4.01. The highest BCUT2D eigenvalue weighted by atomic mass is 28.3. The van der Waals surface area contributed by atoms with E-state index in [4.69, 9.17) is 0 Å². The lowest BCUT2D eigenvalue weighted by Crippen LogP contribution is -2.39. The number of hydrogen-bond donors (Lipinski definition) is 0. The second-order valence-corrected chi connectivity index (χ2v) is 5.21. The van der Waals surface area contributed by atoms with Crippen LogP contribution < -0.4 is 0 Å². The zero-order valence-corrected chi connectivity index (χ0v) is 6.32. The quantitative estimate of drug-likeness (QED) is 0.427. The second-order valence-electron chi connectivity index (χ2n) is 2.13. The fourth-order valence-corrected chi connectivity index (χ4v) is 0.756. The third kappa shape index (κ3) is 1.96. The van der Waals surface area contributed by atoms with E-state index >= 15 is 0 Å². The van der Waals surface area contributed by atoms with E-state index in [1.165, 1.54) is 13.1 Å². The molecule has 0 unspecified atom stereocenters. The van der Waals surface area contributed by atoms with E-state index in [1.54, 1.807) is 0 Å².